The molecule has 0 aromatic heterocycles. The molecule has 0 aromatic rings. The Morgan fingerprint density at radius 3 is 2.25 bits per heavy atom. The van der Waals surface area contributed by atoms with E-state index in [1.165, 1.54) is 25.9 Å². The summed E-state index contributed by atoms with van der Waals surface area (Å²) in [6.45, 7) is 5.57. The Labute approximate surface area is 97.6 Å². The lowest BCUT2D eigenvalue weighted by Crippen LogP contribution is -2.64. The van der Waals surface area contributed by atoms with Crippen molar-refractivity contribution < 1.29 is 10.2 Å². The van der Waals surface area contributed by atoms with Crippen LogP contribution in [0.1, 0.15) is 26.2 Å². The second kappa shape index (κ2) is 5.00. The highest BCUT2D eigenvalue weighted by molar-refractivity contribution is 4.97. The third-order valence-corrected chi connectivity index (χ3v) is 4.43. The number of nitrogens with one attached hydrogen (secondary N) is 1. The zero-order valence-electron chi connectivity index (χ0n) is 10.2. The maximum absolute atomic E-state index is 9.44. The molecule has 3 N–H and O–H groups in total. The molecule has 0 amide bonds. The van der Waals surface area contributed by atoms with Crippen molar-refractivity contribution in [3.63, 3.8) is 0 Å². The topological polar surface area (TPSA) is 55.7 Å². The largest absolute Gasteiger partial charge is 0.394 e. The summed E-state index contributed by atoms with van der Waals surface area (Å²) in [5, 5.41) is 22.4. The third kappa shape index (κ3) is 2.25. The van der Waals surface area contributed by atoms with Crippen LogP contribution in [0.4, 0.5) is 0 Å². The van der Waals surface area contributed by atoms with Crippen molar-refractivity contribution in [1.82, 2.24) is 10.2 Å². The van der Waals surface area contributed by atoms with Crippen LogP contribution in [0, 0.1) is 5.92 Å². The first kappa shape index (κ1) is 12.3. The summed E-state index contributed by atoms with van der Waals surface area (Å²) in [5.74, 6) is 0.731. The fourth-order valence-corrected chi connectivity index (χ4v) is 2.99. The van der Waals surface area contributed by atoms with E-state index in [1.54, 1.807) is 0 Å². The van der Waals surface area contributed by atoms with Gasteiger partial charge < -0.3 is 20.4 Å². The van der Waals surface area contributed by atoms with E-state index in [0.29, 0.717) is 6.04 Å². The first-order valence-electron chi connectivity index (χ1n) is 6.45. The molecule has 3 aliphatic rings. The number of nitrogens with zero attached hydrogens (tertiary/aromatic N) is 1. The van der Waals surface area contributed by atoms with Crippen molar-refractivity contribution in [3.8, 4) is 0 Å². The van der Waals surface area contributed by atoms with Crippen molar-refractivity contribution in [2.24, 2.45) is 5.92 Å². The van der Waals surface area contributed by atoms with Gasteiger partial charge in [0.25, 0.3) is 0 Å². The molecule has 1 atom stereocenters. The number of piperidine rings is 3. The SMILES string of the molecule is CCC(CO)(CO)NC1CN2CCC1CC2. The second-order valence-corrected chi connectivity index (χ2v) is 5.34. The lowest BCUT2D eigenvalue weighted by atomic mass is 9.82. The first-order chi connectivity index (χ1) is 7.73. The molecule has 0 aromatic carbocycles. The van der Waals surface area contributed by atoms with Gasteiger partial charge in [-0.1, -0.05) is 6.92 Å². The van der Waals surface area contributed by atoms with Gasteiger partial charge >= 0.3 is 0 Å². The summed E-state index contributed by atoms with van der Waals surface area (Å²) in [5.41, 5.74) is -0.483. The van der Waals surface area contributed by atoms with Crippen LogP contribution in [0.2, 0.25) is 0 Å². The van der Waals surface area contributed by atoms with Crippen LogP contribution in [0.25, 0.3) is 0 Å². The number of aliphatic hydroxyl groups is 2. The Hall–Kier alpha value is -0.160. The Bertz CT molecular complexity index is 215. The van der Waals surface area contributed by atoms with Crippen LogP contribution in [0.15, 0.2) is 0 Å². The number of rotatable bonds is 5. The number of hydrogen-bond donors (Lipinski definition) is 3. The highest BCUT2D eigenvalue weighted by atomic mass is 16.3. The lowest BCUT2D eigenvalue weighted by molar-refractivity contribution is 0.0198. The zero-order chi connectivity index (χ0) is 11.6. The van der Waals surface area contributed by atoms with Gasteiger partial charge in [0, 0.05) is 12.6 Å². The van der Waals surface area contributed by atoms with Crippen LogP contribution in [0.3, 0.4) is 0 Å². The van der Waals surface area contributed by atoms with Crippen LogP contribution < -0.4 is 5.32 Å². The van der Waals surface area contributed by atoms with Crippen molar-refractivity contribution >= 4 is 0 Å². The minimum absolute atomic E-state index is 0.0171. The number of fused-ring (bicyclic) bond motifs is 3. The van der Waals surface area contributed by atoms with Crippen molar-refractivity contribution in [2.45, 2.75) is 37.8 Å². The summed E-state index contributed by atoms with van der Waals surface area (Å²) >= 11 is 0. The Kier molecular flexibility index (Phi) is 3.85. The van der Waals surface area contributed by atoms with Gasteiger partial charge in [-0.2, -0.15) is 0 Å². The molecular weight excluding hydrogens is 204 g/mol. The molecule has 16 heavy (non-hydrogen) atoms. The molecule has 0 radical (unpaired) electrons. The van der Waals surface area contributed by atoms with E-state index in [0.717, 1.165) is 18.9 Å². The molecule has 0 saturated carbocycles. The minimum Gasteiger partial charge on any atom is -0.394 e. The van der Waals surface area contributed by atoms with Crippen molar-refractivity contribution in [2.75, 3.05) is 32.8 Å². The molecular formula is C12H24N2O2. The van der Waals surface area contributed by atoms with Gasteiger partial charge in [0.05, 0.1) is 18.8 Å². The maximum Gasteiger partial charge on any atom is 0.0648 e. The molecule has 2 bridgehead atoms. The predicted octanol–water partition coefficient (Wildman–Crippen LogP) is -0.196. The minimum atomic E-state index is -0.483. The van der Waals surface area contributed by atoms with Gasteiger partial charge in [-0.15, -0.1) is 0 Å². The molecule has 0 aliphatic carbocycles. The fraction of sp³-hybridized carbons (Fsp3) is 1.00. The third-order valence-electron chi connectivity index (χ3n) is 4.43. The Balaban J connectivity index is 1.98. The van der Waals surface area contributed by atoms with E-state index >= 15 is 0 Å². The molecule has 3 fully saturated rings. The molecule has 4 heteroatoms. The van der Waals surface area contributed by atoms with Gasteiger partial charge in [0.15, 0.2) is 0 Å². The standard InChI is InChI=1S/C12H24N2O2/c1-2-12(8-15,9-16)13-11-7-14-5-3-10(11)4-6-14/h10-11,13,15-16H,2-9H2,1H3. The predicted molar refractivity (Wildman–Crippen MR) is 63.3 cm³/mol. The molecule has 3 saturated heterocycles. The Morgan fingerprint density at radius 1 is 1.25 bits per heavy atom. The maximum atomic E-state index is 9.44. The van der Waals surface area contributed by atoms with Crippen LogP contribution in [-0.2, 0) is 0 Å². The van der Waals surface area contributed by atoms with Gasteiger partial charge in [-0.3, -0.25) is 0 Å². The molecule has 3 heterocycles. The van der Waals surface area contributed by atoms with Crippen molar-refractivity contribution in [3.05, 3.63) is 0 Å². The van der Waals surface area contributed by atoms with E-state index in [2.05, 4.69) is 10.2 Å². The van der Waals surface area contributed by atoms with E-state index in [4.69, 9.17) is 0 Å². The van der Waals surface area contributed by atoms with Crippen LogP contribution >= 0.6 is 0 Å². The quantitative estimate of drug-likeness (QED) is 0.610. The average molecular weight is 228 g/mol. The summed E-state index contributed by atoms with van der Waals surface area (Å²) in [6.07, 6.45) is 3.28. The van der Waals surface area contributed by atoms with Gasteiger partial charge in [-0.25, -0.2) is 0 Å². The summed E-state index contributed by atoms with van der Waals surface area (Å²) < 4.78 is 0. The number of hydrogen-bond acceptors (Lipinski definition) is 4. The van der Waals surface area contributed by atoms with Crippen molar-refractivity contribution in [1.29, 1.82) is 0 Å². The Morgan fingerprint density at radius 2 is 1.88 bits per heavy atom. The first-order valence-corrected chi connectivity index (χ1v) is 6.45. The van der Waals surface area contributed by atoms with Gasteiger partial charge in [0.2, 0.25) is 0 Å². The smallest absolute Gasteiger partial charge is 0.0648 e. The number of aliphatic hydroxyl groups excluding tert-OH is 2. The van der Waals surface area contributed by atoms with Gasteiger partial charge in [-0.05, 0) is 38.3 Å². The molecule has 4 nitrogen and oxygen atoms in total. The molecule has 94 valence electrons. The van der Waals surface area contributed by atoms with Crippen LogP contribution in [0.5, 0.6) is 0 Å². The monoisotopic (exact) mass is 228 g/mol. The fourth-order valence-electron chi connectivity index (χ4n) is 2.99. The van der Waals surface area contributed by atoms with Gasteiger partial charge in [0.1, 0.15) is 0 Å². The lowest BCUT2D eigenvalue weighted by Gasteiger charge is -2.48. The highest BCUT2D eigenvalue weighted by Crippen LogP contribution is 2.29. The molecule has 1 unspecified atom stereocenters. The average Bonchev–Trinajstić information content (AvgIpc) is 2.38. The molecule has 3 aliphatic heterocycles. The molecule has 3 rings (SSSR count). The van der Waals surface area contributed by atoms with E-state index < -0.39 is 5.54 Å². The second-order valence-electron chi connectivity index (χ2n) is 5.34. The normalized spacial score (nSPS) is 34.3. The van der Waals surface area contributed by atoms with E-state index in [9.17, 15) is 10.2 Å². The highest BCUT2D eigenvalue weighted by Gasteiger charge is 2.38. The zero-order valence-corrected chi connectivity index (χ0v) is 10.2. The van der Waals surface area contributed by atoms with E-state index in [1.807, 2.05) is 6.92 Å². The molecule has 0 spiro atoms. The summed E-state index contributed by atoms with van der Waals surface area (Å²) in [6, 6.07) is 0.446. The summed E-state index contributed by atoms with van der Waals surface area (Å²) in [4.78, 5) is 2.48. The summed E-state index contributed by atoms with van der Waals surface area (Å²) in [7, 11) is 0. The van der Waals surface area contributed by atoms with E-state index in [-0.39, 0.29) is 13.2 Å². The van der Waals surface area contributed by atoms with Crippen LogP contribution in [-0.4, -0.2) is 59.5 Å².